The Kier molecular flexibility index (Phi) is 6.17. The summed E-state index contributed by atoms with van der Waals surface area (Å²) in [5.74, 6) is 0.233. The van der Waals surface area contributed by atoms with E-state index in [0.29, 0.717) is 12.1 Å². The highest BCUT2D eigenvalue weighted by Gasteiger charge is 2.08. The van der Waals surface area contributed by atoms with Gasteiger partial charge in [-0.1, -0.05) is 34.1 Å². The molecule has 0 radical (unpaired) electrons. The van der Waals surface area contributed by atoms with Crippen LogP contribution >= 0.6 is 15.9 Å². The summed E-state index contributed by atoms with van der Waals surface area (Å²) >= 11 is 3.30. The molecule has 2 N–H and O–H groups in total. The molecule has 2 aromatic carbocycles. The molecule has 0 heterocycles. The van der Waals surface area contributed by atoms with E-state index in [4.69, 9.17) is 4.74 Å². The van der Waals surface area contributed by atoms with Gasteiger partial charge in [-0.25, -0.2) is 0 Å². The summed E-state index contributed by atoms with van der Waals surface area (Å²) in [6.07, 6.45) is 0. The fourth-order valence-corrected chi connectivity index (χ4v) is 2.30. The van der Waals surface area contributed by atoms with Crippen molar-refractivity contribution in [3.8, 4) is 5.75 Å². The Labute approximate surface area is 143 Å². The summed E-state index contributed by atoms with van der Waals surface area (Å²) < 4.78 is 5.89. The Morgan fingerprint density at radius 2 is 1.83 bits per heavy atom. The summed E-state index contributed by atoms with van der Waals surface area (Å²) in [6, 6.07) is 14.4. The van der Waals surface area contributed by atoms with Crippen molar-refractivity contribution in [2.24, 2.45) is 0 Å². The number of benzene rings is 2. The van der Waals surface area contributed by atoms with Crippen LogP contribution in [0.2, 0.25) is 0 Å². The van der Waals surface area contributed by atoms with Crippen molar-refractivity contribution in [3.63, 3.8) is 0 Å². The maximum Gasteiger partial charge on any atom is 0.251 e. The molecule has 0 aromatic heterocycles. The van der Waals surface area contributed by atoms with Gasteiger partial charge in [0.2, 0.25) is 5.91 Å². The van der Waals surface area contributed by atoms with E-state index in [-0.39, 0.29) is 18.4 Å². The minimum Gasteiger partial charge on any atom is -0.497 e. The average Bonchev–Trinajstić information content (AvgIpc) is 2.58. The first kappa shape index (κ1) is 17.0. The Hall–Kier alpha value is -2.34. The fourth-order valence-electron chi connectivity index (χ4n) is 1.90. The lowest BCUT2D eigenvalue weighted by Gasteiger charge is -2.08. The van der Waals surface area contributed by atoms with Crippen LogP contribution in [-0.4, -0.2) is 25.5 Å². The lowest BCUT2D eigenvalue weighted by molar-refractivity contribution is -0.120. The number of ether oxygens (including phenoxy) is 1. The number of halogens is 1. The second-order valence-electron chi connectivity index (χ2n) is 4.82. The third-order valence-electron chi connectivity index (χ3n) is 3.15. The number of nitrogens with one attached hydrogen (secondary N) is 2. The molecule has 120 valence electrons. The number of methoxy groups -OCH3 is 1. The molecule has 0 bridgehead atoms. The fraction of sp³-hybridized carbons (Fsp3) is 0.176. The molecular formula is C17H17BrN2O3. The molecule has 0 atom stereocenters. The second-order valence-corrected chi connectivity index (χ2v) is 5.73. The van der Waals surface area contributed by atoms with Gasteiger partial charge < -0.3 is 15.4 Å². The Balaban J connectivity index is 1.77. The third-order valence-corrected chi connectivity index (χ3v) is 3.64. The van der Waals surface area contributed by atoms with E-state index < -0.39 is 0 Å². The molecule has 0 saturated carbocycles. The van der Waals surface area contributed by atoms with E-state index in [1.54, 1.807) is 25.3 Å². The predicted octanol–water partition coefficient (Wildman–Crippen LogP) is 2.50. The van der Waals surface area contributed by atoms with Gasteiger partial charge in [-0.05, 0) is 35.9 Å². The second kappa shape index (κ2) is 8.33. The van der Waals surface area contributed by atoms with Gasteiger partial charge in [0.05, 0.1) is 13.7 Å². The monoisotopic (exact) mass is 376 g/mol. The molecule has 0 unspecified atom stereocenters. The number of hydrogen-bond acceptors (Lipinski definition) is 3. The van der Waals surface area contributed by atoms with Crippen molar-refractivity contribution >= 4 is 27.7 Å². The van der Waals surface area contributed by atoms with Crippen LogP contribution in [0.4, 0.5) is 0 Å². The highest BCUT2D eigenvalue weighted by atomic mass is 79.9. The molecule has 2 aromatic rings. The Morgan fingerprint density at radius 3 is 2.48 bits per heavy atom. The van der Waals surface area contributed by atoms with Gasteiger partial charge in [-0.3, -0.25) is 9.59 Å². The maximum atomic E-state index is 11.9. The molecule has 0 saturated heterocycles. The maximum absolute atomic E-state index is 11.9. The lowest BCUT2D eigenvalue weighted by Crippen LogP contribution is -2.36. The molecule has 5 nitrogen and oxygen atoms in total. The molecular weight excluding hydrogens is 360 g/mol. The number of carbonyl (C=O) groups is 2. The Morgan fingerprint density at radius 1 is 1.09 bits per heavy atom. The summed E-state index contributed by atoms with van der Waals surface area (Å²) in [4.78, 5) is 23.7. The van der Waals surface area contributed by atoms with E-state index in [1.165, 1.54) is 0 Å². The van der Waals surface area contributed by atoms with E-state index in [2.05, 4.69) is 26.6 Å². The molecule has 0 aliphatic heterocycles. The van der Waals surface area contributed by atoms with Gasteiger partial charge in [0.15, 0.2) is 0 Å². The third kappa shape index (κ3) is 5.41. The number of rotatable bonds is 6. The van der Waals surface area contributed by atoms with Crippen molar-refractivity contribution in [2.75, 3.05) is 13.7 Å². The first-order chi connectivity index (χ1) is 11.1. The van der Waals surface area contributed by atoms with Crippen molar-refractivity contribution < 1.29 is 14.3 Å². The van der Waals surface area contributed by atoms with Crippen LogP contribution in [0, 0.1) is 0 Å². The highest BCUT2D eigenvalue weighted by Crippen LogP contribution is 2.12. The van der Waals surface area contributed by atoms with Gasteiger partial charge in [-0.15, -0.1) is 0 Å². The van der Waals surface area contributed by atoms with Crippen LogP contribution in [-0.2, 0) is 11.3 Å². The molecule has 2 rings (SSSR count). The van der Waals surface area contributed by atoms with Crippen LogP contribution < -0.4 is 15.4 Å². The average molecular weight is 377 g/mol. The zero-order valence-electron chi connectivity index (χ0n) is 12.6. The van der Waals surface area contributed by atoms with E-state index in [9.17, 15) is 9.59 Å². The van der Waals surface area contributed by atoms with Gasteiger partial charge in [0, 0.05) is 16.6 Å². The largest absolute Gasteiger partial charge is 0.497 e. The highest BCUT2D eigenvalue weighted by molar-refractivity contribution is 9.10. The van der Waals surface area contributed by atoms with Crippen LogP contribution in [0.5, 0.6) is 5.75 Å². The van der Waals surface area contributed by atoms with Gasteiger partial charge in [0.1, 0.15) is 5.75 Å². The summed E-state index contributed by atoms with van der Waals surface area (Å²) in [7, 11) is 1.60. The van der Waals surface area contributed by atoms with Gasteiger partial charge in [-0.2, -0.15) is 0 Å². The molecule has 0 spiro atoms. The topological polar surface area (TPSA) is 67.4 Å². The summed E-state index contributed by atoms with van der Waals surface area (Å²) in [5, 5.41) is 5.34. The molecule has 0 aliphatic carbocycles. The number of amides is 2. The Bertz CT molecular complexity index is 686. The summed E-state index contributed by atoms with van der Waals surface area (Å²) in [5.41, 5.74) is 1.46. The normalized spacial score (nSPS) is 10.0. The number of hydrogen-bond donors (Lipinski definition) is 2. The zero-order valence-corrected chi connectivity index (χ0v) is 14.2. The van der Waals surface area contributed by atoms with Crippen molar-refractivity contribution in [2.45, 2.75) is 6.54 Å². The lowest BCUT2D eigenvalue weighted by atomic mass is 10.2. The molecule has 2 amide bonds. The summed E-state index contributed by atoms with van der Waals surface area (Å²) in [6.45, 7) is 0.330. The minimum atomic E-state index is -0.286. The molecule has 23 heavy (non-hydrogen) atoms. The first-order valence-corrected chi connectivity index (χ1v) is 7.81. The molecule has 0 aliphatic rings. The SMILES string of the molecule is COc1ccc(CNC(=O)CNC(=O)c2cccc(Br)c2)cc1. The van der Waals surface area contributed by atoms with Gasteiger partial charge >= 0.3 is 0 Å². The van der Waals surface area contributed by atoms with E-state index in [0.717, 1.165) is 15.8 Å². The van der Waals surface area contributed by atoms with Crippen molar-refractivity contribution in [1.82, 2.24) is 10.6 Å². The van der Waals surface area contributed by atoms with Crippen LogP contribution in [0.3, 0.4) is 0 Å². The van der Waals surface area contributed by atoms with Crippen LogP contribution in [0.15, 0.2) is 53.0 Å². The van der Waals surface area contributed by atoms with Crippen molar-refractivity contribution in [1.29, 1.82) is 0 Å². The van der Waals surface area contributed by atoms with E-state index >= 15 is 0 Å². The van der Waals surface area contributed by atoms with E-state index in [1.807, 2.05) is 30.3 Å². The van der Waals surface area contributed by atoms with Crippen LogP contribution in [0.25, 0.3) is 0 Å². The first-order valence-electron chi connectivity index (χ1n) is 7.02. The van der Waals surface area contributed by atoms with Gasteiger partial charge in [0.25, 0.3) is 5.91 Å². The smallest absolute Gasteiger partial charge is 0.251 e. The number of carbonyl (C=O) groups excluding carboxylic acids is 2. The minimum absolute atomic E-state index is 0.0680. The zero-order chi connectivity index (χ0) is 16.7. The predicted molar refractivity (Wildman–Crippen MR) is 91.3 cm³/mol. The van der Waals surface area contributed by atoms with Crippen molar-refractivity contribution in [3.05, 3.63) is 64.1 Å². The standard InChI is InChI=1S/C17H17BrN2O3/c1-23-15-7-5-12(6-8-15)10-19-16(21)11-20-17(22)13-3-2-4-14(18)9-13/h2-9H,10-11H2,1H3,(H,19,21)(H,20,22). The molecule has 6 heteroatoms. The van der Waals surface area contributed by atoms with Crippen LogP contribution in [0.1, 0.15) is 15.9 Å². The molecule has 0 fully saturated rings. The quantitative estimate of drug-likeness (QED) is 0.813.